The summed E-state index contributed by atoms with van der Waals surface area (Å²) in [7, 11) is 0. The van der Waals surface area contributed by atoms with Gasteiger partial charge < -0.3 is 5.73 Å². The van der Waals surface area contributed by atoms with Crippen molar-refractivity contribution in [2.75, 3.05) is 0 Å². The lowest BCUT2D eigenvalue weighted by Gasteiger charge is -2.19. The summed E-state index contributed by atoms with van der Waals surface area (Å²) in [5.41, 5.74) is 9.69. The zero-order valence-electron chi connectivity index (χ0n) is 9.44. The first-order valence-electron chi connectivity index (χ1n) is 5.83. The molecule has 0 fully saturated rings. The van der Waals surface area contributed by atoms with Crippen molar-refractivity contribution in [2.24, 2.45) is 5.73 Å². The fourth-order valence-corrected chi connectivity index (χ4v) is 2.93. The van der Waals surface area contributed by atoms with Gasteiger partial charge in [0.2, 0.25) is 0 Å². The molecule has 88 valence electrons. The lowest BCUT2D eigenvalue weighted by molar-refractivity contribution is 0.562. The summed E-state index contributed by atoms with van der Waals surface area (Å²) in [6.07, 6.45) is 2.96. The quantitative estimate of drug-likeness (QED) is 0.877. The molecule has 1 aromatic heterocycles. The van der Waals surface area contributed by atoms with Gasteiger partial charge in [-0.3, -0.25) is 0 Å². The van der Waals surface area contributed by atoms with Gasteiger partial charge in [0.15, 0.2) is 0 Å². The molecule has 0 amide bonds. The Morgan fingerprint density at radius 3 is 2.82 bits per heavy atom. The monoisotopic (exact) mass is 291 g/mol. The summed E-state index contributed by atoms with van der Waals surface area (Å²) in [5, 5.41) is 4.57. The molecule has 1 atom stereocenters. The van der Waals surface area contributed by atoms with E-state index in [0.717, 1.165) is 29.6 Å². The molecule has 2 N–H and O–H groups in total. The van der Waals surface area contributed by atoms with Crippen LogP contribution in [0.25, 0.3) is 5.69 Å². The first-order valence-corrected chi connectivity index (χ1v) is 6.62. The molecule has 0 saturated heterocycles. The third kappa shape index (κ3) is 1.91. The van der Waals surface area contributed by atoms with E-state index in [-0.39, 0.29) is 6.04 Å². The van der Waals surface area contributed by atoms with Crippen LogP contribution in [0.5, 0.6) is 0 Å². The summed E-state index contributed by atoms with van der Waals surface area (Å²) in [5.74, 6) is 0. The highest BCUT2D eigenvalue weighted by Gasteiger charge is 2.23. The lowest BCUT2D eigenvalue weighted by atomic mass is 9.94. The summed E-state index contributed by atoms with van der Waals surface area (Å²) in [4.78, 5) is 0. The van der Waals surface area contributed by atoms with Crippen molar-refractivity contribution < 1.29 is 0 Å². The van der Waals surface area contributed by atoms with Crippen LogP contribution in [0.15, 0.2) is 34.9 Å². The van der Waals surface area contributed by atoms with Crippen molar-refractivity contribution in [1.82, 2.24) is 9.78 Å². The zero-order valence-corrected chi connectivity index (χ0v) is 11.0. The number of hydrogen-bond donors (Lipinski definition) is 1. The van der Waals surface area contributed by atoms with E-state index >= 15 is 0 Å². The maximum atomic E-state index is 6.01. The second kappa shape index (κ2) is 4.27. The second-order valence-corrected chi connectivity index (χ2v) is 5.22. The van der Waals surface area contributed by atoms with Crippen LogP contribution < -0.4 is 5.73 Å². The Bertz CT molecular complexity index is 533. The second-order valence-electron chi connectivity index (χ2n) is 4.47. The van der Waals surface area contributed by atoms with Gasteiger partial charge in [0.05, 0.1) is 5.69 Å². The molecule has 17 heavy (non-hydrogen) atoms. The SMILES string of the molecule is NC1CCc2c(c(Br)nn2-c2ccccc2)C1. The van der Waals surface area contributed by atoms with E-state index in [2.05, 4.69) is 33.2 Å². The van der Waals surface area contributed by atoms with Crippen LogP contribution in [0.3, 0.4) is 0 Å². The summed E-state index contributed by atoms with van der Waals surface area (Å²) in [6, 6.07) is 10.5. The Morgan fingerprint density at radius 1 is 1.29 bits per heavy atom. The topological polar surface area (TPSA) is 43.8 Å². The van der Waals surface area contributed by atoms with E-state index in [1.807, 2.05) is 22.9 Å². The summed E-state index contributed by atoms with van der Waals surface area (Å²) < 4.78 is 2.97. The largest absolute Gasteiger partial charge is 0.327 e. The van der Waals surface area contributed by atoms with Crippen LogP contribution in [-0.2, 0) is 12.8 Å². The van der Waals surface area contributed by atoms with Gasteiger partial charge in [-0.15, -0.1) is 0 Å². The molecule has 1 aromatic carbocycles. The van der Waals surface area contributed by atoms with Crippen molar-refractivity contribution in [3.8, 4) is 5.69 Å². The van der Waals surface area contributed by atoms with Crippen molar-refractivity contribution >= 4 is 15.9 Å². The minimum absolute atomic E-state index is 0.271. The molecule has 1 aliphatic rings. The summed E-state index contributed by atoms with van der Waals surface area (Å²) >= 11 is 3.54. The van der Waals surface area contributed by atoms with E-state index in [9.17, 15) is 0 Å². The maximum Gasteiger partial charge on any atom is 0.132 e. The number of halogens is 1. The number of benzene rings is 1. The van der Waals surface area contributed by atoms with E-state index in [0.29, 0.717) is 0 Å². The molecule has 4 heteroatoms. The molecular weight excluding hydrogens is 278 g/mol. The van der Waals surface area contributed by atoms with Crippen molar-refractivity contribution in [3.05, 3.63) is 46.2 Å². The molecule has 1 heterocycles. The number of rotatable bonds is 1. The van der Waals surface area contributed by atoms with E-state index in [1.165, 1.54) is 11.3 Å². The van der Waals surface area contributed by atoms with E-state index < -0.39 is 0 Å². The van der Waals surface area contributed by atoms with Gasteiger partial charge in [-0.25, -0.2) is 4.68 Å². The number of para-hydroxylation sites is 1. The predicted molar refractivity (Wildman–Crippen MR) is 71.3 cm³/mol. The lowest BCUT2D eigenvalue weighted by Crippen LogP contribution is -2.28. The fraction of sp³-hybridized carbons (Fsp3) is 0.308. The average Bonchev–Trinajstić information content (AvgIpc) is 2.68. The molecule has 0 spiro atoms. The molecule has 2 aromatic rings. The Kier molecular flexibility index (Phi) is 2.76. The molecule has 1 aliphatic carbocycles. The highest BCUT2D eigenvalue weighted by molar-refractivity contribution is 9.10. The van der Waals surface area contributed by atoms with E-state index in [4.69, 9.17) is 5.73 Å². The molecule has 3 nitrogen and oxygen atoms in total. The normalized spacial score (nSPS) is 19.1. The standard InChI is InChI=1S/C13H14BrN3/c14-13-11-8-9(15)6-7-12(11)17(16-13)10-4-2-1-3-5-10/h1-5,9H,6-8,15H2. The summed E-state index contributed by atoms with van der Waals surface area (Å²) in [6.45, 7) is 0. The van der Waals surface area contributed by atoms with Crippen molar-refractivity contribution in [1.29, 1.82) is 0 Å². The van der Waals surface area contributed by atoms with E-state index in [1.54, 1.807) is 0 Å². The molecule has 3 rings (SSSR count). The molecule has 0 radical (unpaired) electrons. The van der Waals surface area contributed by atoms with Gasteiger partial charge in [0.25, 0.3) is 0 Å². The predicted octanol–water partition coefficient (Wildman–Crippen LogP) is 2.45. The van der Waals surface area contributed by atoms with Gasteiger partial charge in [-0.2, -0.15) is 5.10 Å². The highest BCUT2D eigenvalue weighted by Crippen LogP contribution is 2.29. The minimum atomic E-state index is 0.271. The molecule has 0 aliphatic heterocycles. The Labute approximate surface area is 109 Å². The molecule has 1 unspecified atom stereocenters. The van der Waals surface area contributed by atoms with Gasteiger partial charge in [-0.05, 0) is 47.3 Å². The molecule has 0 saturated carbocycles. The third-order valence-electron chi connectivity index (χ3n) is 3.26. The maximum absolute atomic E-state index is 6.01. The third-order valence-corrected chi connectivity index (χ3v) is 3.90. The smallest absolute Gasteiger partial charge is 0.132 e. The van der Waals surface area contributed by atoms with Crippen LogP contribution >= 0.6 is 15.9 Å². The van der Waals surface area contributed by atoms with Gasteiger partial charge in [-0.1, -0.05) is 18.2 Å². The molecular formula is C13H14BrN3. The van der Waals surface area contributed by atoms with Crippen LogP contribution in [0.1, 0.15) is 17.7 Å². The van der Waals surface area contributed by atoms with Crippen LogP contribution in [0.4, 0.5) is 0 Å². The van der Waals surface area contributed by atoms with Crippen LogP contribution in [-0.4, -0.2) is 15.8 Å². The van der Waals surface area contributed by atoms with Crippen LogP contribution in [0, 0.1) is 0 Å². The Balaban J connectivity index is 2.11. The first kappa shape index (κ1) is 11.0. The van der Waals surface area contributed by atoms with Crippen LogP contribution in [0.2, 0.25) is 0 Å². The van der Waals surface area contributed by atoms with Gasteiger partial charge >= 0.3 is 0 Å². The van der Waals surface area contributed by atoms with Gasteiger partial charge in [0.1, 0.15) is 4.60 Å². The Morgan fingerprint density at radius 2 is 2.06 bits per heavy atom. The van der Waals surface area contributed by atoms with Crippen molar-refractivity contribution in [2.45, 2.75) is 25.3 Å². The minimum Gasteiger partial charge on any atom is -0.327 e. The number of nitrogens with zero attached hydrogens (tertiary/aromatic N) is 2. The first-order chi connectivity index (χ1) is 8.25. The fourth-order valence-electron chi connectivity index (χ4n) is 2.38. The number of nitrogens with two attached hydrogens (primary N) is 1. The van der Waals surface area contributed by atoms with Crippen molar-refractivity contribution in [3.63, 3.8) is 0 Å². The molecule has 0 bridgehead atoms. The van der Waals surface area contributed by atoms with Gasteiger partial charge in [0, 0.05) is 17.3 Å². The number of fused-ring (bicyclic) bond motifs is 1. The Hall–Kier alpha value is -1.13. The highest BCUT2D eigenvalue weighted by atomic mass is 79.9. The zero-order chi connectivity index (χ0) is 11.8. The number of aromatic nitrogens is 2. The average molecular weight is 292 g/mol. The number of hydrogen-bond acceptors (Lipinski definition) is 2.